The van der Waals surface area contributed by atoms with E-state index >= 15 is 0 Å². The van der Waals surface area contributed by atoms with Crippen LogP contribution >= 0.6 is 11.6 Å². The number of halogens is 1. The first-order valence-corrected chi connectivity index (χ1v) is 5.83. The number of hydrogen-bond acceptors (Lipinski definition) is 3. The first-order valence-electron chi connectivity index (χ1n) is 5.45. The molecule has 0 amide bonds. The van der Waals surface area contributed by atoms with Gasteiger partial charge in [0.25, 0.3) is 0 Å². The van der Waals surface area contributed by atoms with Crippen molar-refractivity contribution in [2.45, 2.75) is 38.1 Å². The summed E-state index contributed by atoms with van der Waals surface area (Å²) in [6.45, 7) is -0.155. The average molecular weight is 243 g/mol. The second kappa shape index (κ2) is 5.04. The van der Waals surface area contributed by atoms with E-state index < -0.39 is 6.10 Å². The fraction of sp³-hybridized carbons (Fsp3) is 0.500. The molecular formula is C12H15ClO3. The lowest BCUT2D eigenvalue weighted by Gasteiger charge is -2.19. The van der Waals surface area contributed by atoms with Crippen molar-refractivity contribution in [1.29, 1.82) is 0 Å². The van der Waals surface area contributed by atoms with Crippen LogP contribution in [0, 0.1) is 0 Å². The Morgan fingerprint density at radius 1 is 1.38 bits per heavy atom. The molecule has 2 rings (SSSR count). The lowest BCUT2D eigenvalue weighted by Crippen LogP contribution is -2.26. The molecule has 4 heteroatoms. The van der Waals surface area contributed by atoms with E-state index in [4.69, 9.17) is 16.3 Å². The molecule has 0 spiro atoms. The van der Waals surface area contributed by atoms with Gasteiger partial charge in [-0.25, -0.2) is 0 Å². The summed E-state index contributed by atoms with van der Waals surface area (Å²) in [6, 6.07) is 5.26. The first-order chi connectivity index (χ1) is 7.72. The molecule has 0 heterocycles. The van der Waals surface area contributed by atoms with Crippen LogP contribution in [0.3, 0.4) is 0 Å². The summed E-state index contributed by atoms with van der Waals surface area (Å²) in [4.78, 5) is 0. The molecule has 88 valence electrons. The van der Waals surface area contributed by atoms with Gasteiger partial charge in [-0.1, -0.05) is 17.7 Å². The zero-order chi connectivity index (χ0) is 11.5. The second-order valence-corrected chi connectivity index (χ2v) is 4.44. The average Bonchev–Trinajstić information content (AvgIpc) is 2.65. The van der Waals surface area contributed by atoms with Gasteiger partial charge in [0.15, 0.2) is 0 Å². The van der Waals surface area contributed by atoms with Crippen molar-refractivity contribution in [1.82, 2.24) is 0 Å². The third kappa shape index (κ3) is 2.32. The Hall–Kier alpha value is -0.770. The highest BCUT2D eigenvalue weighted by Crippen LogP contribution is 2.30. The number of aliphatic hydroxyl groups is 2. The van der Waals surface area contributed by atoms with Crippen LogP contribution < -0.4 is 4.74 Å². The van der Waals surface area contributed by atoms with Crippen LogP contribution in [0.15, 0.2) is 18.2 Å². The van der Waals surface area contributed by atoms with Crippen molar-refractivity contribution >= 4 is 11.6 Å². The Morgan fingerprint density at radius 3 is 2.81 bits per heavy atom. The molecule has 1 aromatic carbocycles. The molecule has 16 heavy (non-hydrogen) atoms. The predicted molar refractivity (Wildman–Crippen MR) is 61.6 cm³/mol. The van der Waals surface area contributed by atoms with Gasteiger partial charge in [-0.15, -0.1) is 0 Å². The molecule has 0 bridgehead atoms. The van der Waals surface area contributed by atoms with Crippen LogP contribution in [-0.4, -0.2) is 22.4 Å². The molecule has 0 radical (unpaired) electrons. The maximum absolute atomic E-state index is 9.66. The Kier molecular flexibility index (Phi) is 3.69. The fourth-order valence-electron chi connectivity index (χ4n) is 2.01. The van der Waals surface area contributed by atoms with E-state index in [1.165, 1.54) is 0 Å². The third-order valence-corrected chi connectivity index (χ3v) is 3.28. The standard InChI is InChI=1S/C12H15ClO3/c13-9-3-1-5-11(8(9)7-14)16-12-6-2-4-10(12)15/h1,3,5,10,12,14-15H,2,4,6-7H2. The number of hydrogen-bond donors (Lipinski definition) is 2. The van der Waals surface area contributed by atoms with E-state index in [0.29, 0.717) is 16.3 Å². The number of rotatable bonds is 3. The minimum atomic E-state index is -0.412. The maximum Gasteiger partial charge on any atom is 0.126 e. The van der Waals surface area contributed by atoms with Crippen molar-refractivity contribution in [3.63, 3.8) is 0 Å². The molecule has 2 atom stereocenters. The van der Waals surface area contributed by atoms with Crippen molar-refractivity contribution < 1.29 is 14.9 Å². The monoisotopic (exact) mass is 242 g/mol. The topological polar surface area (TPSA) is 49.7 Å². The highest BCUT2D eigenvalue weighted by Gasteiger charge is 2.27. The largest absolute Gasteiger partial charge is 0.487 e. The van der Waals surface area contributed by atoms with E-state index in [1.807, 2.05) is 0 Å². The summed E-state index contributed by atoms with van der Waals surface area (Å²) in [5.74, 6) is 0.570. The number of benzene rings is 1. The molecule has 3 nitrogen and oxygen atoms in total. The van der Waals surface area contributed by atoms with E-state index in [1.54, 1.807) is 18.2 Å². The van der Waals surface area contributed by atoms with Gasteiger partial charge in [0.1, 0.15) is 11.9 Å². The van der Waals surface area contributed by atoms with Crippen LogP contribution in [0.2, 0.25) is 5.02 Å². The Labute approximate surface area is 99.6 Å². The molecule has 1 saturated carbocycles. The zero-order valence-corrected chi connectivity index (χ0v) is 9.65. The molecular weight excluding hydrogens is 228 g/mol. The Balaban J connectivity index is 2.17. The van der Waals surface area contributed by atoms with Gasteiger partial charge in [0.2, 0.25) is 0 Å². The maximum atomic E-state index is 9.66. The summed E-state index contributed by atoms with van der Waals surface area (Å²) in [7, 11) is 0. The van der Waals surface area contributed by atoms with E-state index in [9.17, 15) is 10.2 Å². The highest BCUT2D eigenvalue weighted by molar-refractivity contribution is 6.31. The quantitative estimate of drug-likeness (QED) is 0.854. The minimum Gasteiger partial charge on any atom is -0.487 e. The highest BCUT2D eigenvalue weighted by atomic mass is 35.5. The predicted octanol–water partition coefficient (Wildman–Crippen LogP) is 2.12. The fourth-order valence-corrected chi connectivity index (χ4v) is 2.24. The van der Waals surface area contributed by atoms with Gasteiger partial charge in [-0.05, 0) is 31.4 Å². The van der Waals surface area contributed by atoms with Gasteiger partial charge >= 0.3 is 0 Å². The van der Waals surface area contributed by atoms with Crippen LogP contribution in [0.5, 0.6) is 5.75 Å². The normalized spacial score (nSPS) is 24.7. The lowest BCUT2D eigenvalue weighted by molar-refractivity contribution is 0.0589. The molecule has 1 aliphatic rings. The first kappa shape index (κ1) is 11.7. The van der Waals surface area contributed by atoms with Gasteiger partial charge in [-0.2, -0.15) is 0 Å². The number of aliphatic hydroxyl groups excluding tert-OH is 2. The van der Waals surface area contributed by atoms with Crippen molar-refractivity contribution in [2.24, 2.45) is 0 Å². The summed E-state index contributed by atoms with van der Waals surface area (Å²) >= 11 is 5.95. The number of ether oxygens (including phenoxy) is 1. The molecule has 2 unspecified atom stereocenters. The second-order valence-electron chi connectivity index (χ2n) is 4.03. The summed E-state index contributed by atoms with van der Waals surface area (Å²) in [5.41, 5.74) is 0.586. The zero-order valence-electron chi connectivity index (χ0n) is 8.90. The van der Waals surface area contributed by atoms with Crippen LogP contribution in [0.1, 0.15) is 24.8 Å². The van der Waals surface area contributed by atoms with Gasteiger partial charge < -0.3 is 14.9 Å². The molecule has 1 aromatic rings. The molecule has 2 N–H and O–H groups in total. The molecule has 0 aromatic heterocycles. The van der Waals surface area contributed by atoms with Gasteiger partial charge in [0, 0.05) is 10.6 Å². The minimum absolute atomic E-state index is 0.155. The molecule has 0 saturated heterocycles. The SMILES string of the molecule is OCc1c(Cl)cccc1OC1CCCC1O. The molecule has 1 aliphatic carbocycles. The van der Waals surface area contributed by atoms with E-state index in [0.717, 1.165) is 19.3 Å². The van der Waals surface area contributed by atoms with Crippen molar-refractivity contribution in [3.8, 4) is 5.75 Å². The molecule has 1 fully saturated rings. The molecule has 0 aliphatic heterocycles. The van der Waals surface area contributed by atoms with Crippen LogP contribution in [0.4, 0.5) is 0 Å². The van der Waals surface area contributed by atoms with E-state index in [-0.39, 0.29) is 12.7 Å². The van der Waals surface area contributed by atoms with Crippen LogP contribution in [-0.2, 0) is 6.61 Å². The Bertz CT molecular complexity index is 367. The van der Waals surface area contributed by atoms with E-state index in [2.05, 4.69) is 0 Å². The lowest BCUT2D eigenvalue weighted by atomic mass is 10.2. The van der Waals surface area contributed by atoms with Gasteiger partial charge in [0.05, 0.1) is 12.7 Å². The van der Waals surface area contributed by atoms with Crippen molar-refractivity contribution in [2.75, 3.05) is 0 Å². The summed E-state index contributed by atoms with van der Waals surface area (Å²) in [6.07, 6.45) is 2.01. The van der Waals surface area contributed by atoms with Crippen molar-refractivity contribution in [3.05, 3.63) is 28.8 Å². The summed E-state index contributed by atoms with van der Waals surface area (Å²) < 4.78 is 5.70. The third-order valence-electron chi connectivity index (χ3n) is 2.93. The smallest absolute Gasteiger partial charge is 0.126 e. The van der Waals surface area contributed by atoms with Gasteiger partial charge in [-0.3, -0.25) is 0 Å². The Morgan fingerprint density at radius 2 is 2.19 bits per heavy atom. The summed E-state index contributed by atoms with van der Waals surface area (Å²) in [5, 5.41) is 19.4. The van der Waals surface area contributed by atoms with Crippen LogP contribution in [0.25, 0.3) is 0 Å².